The van der Waals surface area contributed by atoms with E-state index in [1.54, 1.807) is 35.2 Å². The van der Waals surface area contributed by atoms with Gasteiger partial charge in [-0.05, 0) is 51.4 Å². The molecule has 1 saturated heterocycles. The van der Waals surface area contributed by atoms with Gasteiger partial charge in [-0.15, -0.1) is 12.4 Å². The molecule has 3 rings (SSSR count). The van der Waals surface area contributed by atoms with Crippen LogP contribution < -0.4 is 10.6 Å². The van der Waals surface area contributed by atoms with Crippen LogP contribution >= 0.6 is 12.4 Å². The summed E-state index contributed by atoms with van der Waals surface area (Å²) in [7, 11) is 0. The Morgan fingerprint density at radius 1 is 1.25 bits per heavy atom. The largest absolute Gasteiger partial charge is 0.339 e. The average molecular weight is 406 g/mol. The molecule has 0 radical (unpaired) electrons. The second-order valence-electron chi connectivity index (χ2n) is 6.66. The number of rotatable bonds is 6. The Morgan fingerprint density at radius 2 is 2.00 bits per heavy atom. The lowest BCUT2D eigenvalue weighted by Crippen LogP contribution is -2.32. The molecule has 0 aliphatic carbocycles. The first-order valence-electron chi connectivity index (χ1n) is 9.59. The maximum absolute atomic E-state index is 12.7. The predicted octanol–water partition coefficient (Wildman–Crippen LogP) is 2.96. The minimum atomic E-state index is -0.308. The molecule has 1 aromatic carbocycles. The third-order valence-electron chi connectivity index (χ3n) is 4.94. The van der Waals surface area contributed by atoms with Gasteiger partial charge in [-0.3, -0.25) is 14.3 Å². The zero-order chi connectivity index (χ0) is 19.2. The number of halogens is 1. The van der Waals surface area contributed by atoms with Crippen LogP contribution in [0.25, 0.3) is 0 Å². The van der Waals surface area contributed by atoms with Gasteiger partial charge in [-0.25, -0.2) is 0 Å². The van der Waals surface area contributed by atoms with Crippen molar-refractivity contribution in [2.45, 2.75) is 32.7 Å². The number of hydrogen-bond donors (Lipinski definition) is 2. The Balaban J connectivity index is 0.00000280. The number of carbonyl (C=O) groups excluding carboxylic acids is 2. The maximum atomic E-state index is 12.7. The van der Waals surface area contributed by atoms with Crippen molar-refractivity contribution in [3.05, 3.63) is 47.8 Å². The molecule has 2 aromatic rings. The second-order valence-corrected chi connectivity index (χ2v) is 6.66. The fourth-order valence-electron chi connectivity index (χ4n) is 3.37. The zero-order valence-electron chi connectivity index (χ0n) is 16.4. The van der Waals surface area contributed by atoms with E-state index in [2.05, 4.69) is 15.7 Å². The van der Waals surface area contributed by atoms with E-state index in [-0.39, 0.29) is 30.3 Å². The van der Waals surface area contributed by atoms with Crippen LogP contribution in [0.1, 0.15) is 53.6 Å². The Morgan fingerprint density at radius 3 is 2.68 bits per heavy atom. The van der Waals surface area contributed by atoms with E-state index in [0.29, 0.717) is 30.0 Å². The lowest BCUT2D eigenvalue weighted by atomic mass is 10.1. The number of amides is 2. The van der Waals surface area contributed by atoms with Crippen molar-refractivity contribution >= 4 is 29.9 Å². The Kier molecular flexibility index (Phi) is 8.02. The monoisotopic (exact) mass is 405 g/mol. The van der Waals surface area contributed by atoms with Gasteiger partial charge < -0.3 is 15.5 Å². The van der Waals surface area contributed by atoms with E-state index in [1.165, 1.54) is 0 Å². The molecule has 0 bridgehead atoms. The van der Waals surface area contributed by atoms with Crippen LogP contribution in [0.2, 0.25) is 0 Å². The standard InChI is InChI=1S/C20H27N5O2.ClH/c1-3-24(4-2)20(27)16-9-5-6-10-17(16)22-19(26)18-11-13-25(23-18)15-8-7-12-21-14-15;/h5-6,9-11,13,15,21H,3-4,7-8,12,14H2,1-2H3,(H,22,26);1H. The predicted molar refractivity (Wildman–Crippen MR) is 112 cm³/mol. The smallest absolute Gasteiger partial charge is 0.276 e. The summed E-state index contributed by atoms with van der Waals surface area (Å²) in [5.41, 5.74) is 1.35. The first kappa shape index (κ1) is 21.9. The van der Waals surface area contributed by atoms with Gasteiger partial charge in [0.15, 0.2) is 5.69 Å². The fourth-order valence-corrected chi connectivity index (χ4v) is 3.37. The summed E-state index contributed by atoms with van der Waals surface area (Å²) in [6, 6.07) is 9.09. The number of piperidine rings is 1. The number of carbonyl (C=O) groups is 2. The molecule has 0 saturated carbocycles. The van der Waals surface area contributed by atoms with Crippen LogP contribution in [0.5, 0.6) is 0 Å². The first-order chi connectivity index (χ1) is 13.1. The summed E-state index contributed by atoms with van der Waals surface area (Å²) < 4.78 is 1.86. The highest BCUT2D eigenvalue weighted by Crippen LogP contribution is 2.19. The maximum Gasteiger partial charge on any atom is 0.276 e. The van der Waals surface area contributed by atoms with Crippen LogP contribution in [0.15, 0.2) is 36.5 Å². The lowest BCUT2D eigenvalue weighted by molar-refractivity contribution is 0.0774. The van der Waals surface area contributed by atoms with Gasteiger partial charge >= 0.3 is 0 Å². The van der Waals surface area contributed by atoms with E-state index < -0.39 is 0 Å². The highest BCUT2D eigenvalue weighted by molar-refractivity contribution is 6.08. The van der Waals surface area contributed by atoms with Crippen LogP contribution in [0.3, 0.4) is 0 Å². The topological polar surface area (TPSA) is 79.3 Å². The molecule has 1 aliphatic heterocycles. The minimum Gasteiger partial charge on any atom is -0.339 e. The summed E-state index contributed by atoms with van der Waals surface area (Å²) >= 11 is 0. The average Bonchev–Trinajstić information content (AvgIpc) is 3.20. The van der Waals surface area contributed by atoms with Gasteiger partial charge in [0, 0.05) is 25.8 Å². The molecule has 1 aliphatic rings. The normalized spacial score (nSPS) is 16.1. The van der Waals surface area contributed by atoms with Crippen molar-refractivity contribution in [3.8, 4) is 0 Å². The summed E-state index contributed by atoms with van der Waals surface area (Å²) in [5, 5.41) is 10.6. The molecular weight excluding hydrogens is 378 g/mol. The molecule has 1 atom stereocenters. The number of para-hydroxylation sites is 1. The molecule has 2 amide bonds. The molecule has 1 aromatic heterocycles. The van der Waals surface area contributed by atoms with Gasteiger partial charge in [-0.1, -0.05) is 12.1 Å². The van der Waals surface area contributed by atoms with E-state index in [1.807, 2.05) is 24.7 Å². The highest BCUT2D eigenvalue weighted by atomic mass is 35.5. The van der Waals surface area contributed by atoms with E-state index in [9.17, 15) is 9.59 Å². The van der Waals surface area contributed by atoms with Crippen molar-refractivity contribution in [2.24, 2.45) is 0 Å². The highest BCUT2D eigenvalue weighted by Gasteiger charge is 2.20. The number of aromatic nitrogens is 2. The molecule has 28 heavy (non-hydrogen) atoms. The van der Waals surface area contributed by atoms with Crippen molar-refractivity contribution in [3.63, 3.8) is 0 Å². The molecular formula is C20H28ClN5O2. The fraction of sp³-hybridized carbons (Fsp3) is 0.450. The summed E-state index contributed by atoms with van der Waals surface area (Å²) in [6.45, 7) is 7.02. The van der Waals surface area contributed by atoms with Gasteiger partial charge in [0.2, 0.25) is 0 Å². The molecule has 8 heteroatoms. The SMILES string of the molecule is CCN(CC)C(=O)c1ccccc1NC(=O)c1ccn(C2CCCNC2)n1.Cl. The van der Waals surface area contributed by atoms with Crippen LogP contribution in [-0.4, -0.2) is 52.7 Å². The number of nitrogens with one attached hydrogen (secondary N) is 2. The van der Waals surface area contributed by atoms with Gasteiger partial charge in [0.25, 0.3) is 11.8 Å². The zero-order valence-corrected chi connectivity index (χ0v) is 17.2. The number of anilines is 1. The molecule has 1 fully saturated rings. The summed E-state index contributed by atoms with van der Waals surface area (Å²) in [5.74, 6) is -0.396. The van der Waals surface area contributed by atoms with Crippen molar-refractivity contribution in [1.82, 2.24) is 20.0 Å². The molecule has 152 valence electrons. The van der Waals surface area contributed by atoms with Gasteiger partial charge in [0.05, 0.1) is 17.3 Å². The summed E-state index contributed by atoms with van der Waals surface area (Å²) in [4.78, 5) is 27.1. The quantitative estimate of drug-likeness (QED) is 0.774. The van der Waals surface area contributed by atoms with Gasteiger partial charge in [-0.2, -0.15) is 5.10 Å². The van der Waals surface area contributed by atoms with Crippen LogP contribution in [-0.2, 0) is 0 Å². The number of benzene rings is 1. The molecule has 2 N–H and O–H groups in total. The third kappa shape index (κ3) is 4.91. The van der Waals surface area contributed by atoms with Crippen LogP contribution in [0, 0.1) is 0 Å². The van der Waals surface area contributed by atoms with Gasteiger partial charge in [0.1, 0.15) is 0 Å². The third-order valence-corrected chi connectivity index (χ3v) is 4.94. The van der Waals surface area contributed by atoms with E-state index in [4.69, 9.17) is 0 Å². The Labute approximate surface area is 171 Å². The van der Waals surface area contributed by atoms with E-state index in [0.717, 1.165) is 25.9 Å². The van der Waals surface area contributed by atoms with Crippen molar-refractivity contribution in [1.29, 1.82) is 0 Å². The van der Waals surface area contributed by atoms with E-state index >= 15 is 0 Å². The number of hydrogen-bond acceptors (Lipinski definition) is 4. The lowest BCUT2D eigenvalue weighted by Gasteiger charge is -2.22. The minimum absolute atomic E-state index is 0. The second kappa shape index (κ2) is 10.2. The molecule has 1 unspecified atom stereocenters. The summed E-state index contributed by atoms with van der Waals surface area (Å²) in [6.07, 6.45) is 4.00. The first-order valence-corrected chi connectivity index (χ1v) is 9.59. The van der Waals surface area contributed by atoms with Crippen molar-refractivity contribution in [2.75, 3.05) is 31.5 Å². The Bertz CT molecular complexity index is 797. The number of nitrogens with zero attached hydrogens (tertiary/aromatic N) is 3. The molecule has 7 nitrogen and oxygen atoms in total. The molecule has 2 heterocycles. The van der Waals surface area contributed by atoms with Crippen LogP contribution in [0.4, 0.5) is 5.69 Å². The Hall–Kier alpha value is -2.38. The molecule has 0 spiro atoms. The van der Waals surface area contributed by atoms with Crippen molar-refractivity contribution < 1.29 is 9.59 Å².